The number of H-pyrrole nitrogens is 1. The molecule has 2 rings (SSSR count). The zero-order valence-corrected chi connectivity index (χ0v) is 9.46. The van der Waals surface area contributed by atoms with E-state index < -0.39 is 17.5 Å². The Labute approximate surface area is 101 Å². The van der Waals surface area contributed by atoms with Crippen LogP contribution in [0.1, 0.15) is 22.5 Å². The van der Waals surface area contributed by atoms with Gasteiger partial charge < -0.3 is 15.8 Å². The lowest BCUT2D eigenvalue weighted by atomic mass is 10.1. The van der Waals surface area contributed by atoms with E-state index in [4.69, 9.17) is 10.8 Å². The zero-order valence-electron chi connectivity index (χ0n) is 9.46. The molecule has 0 saturated carbocycles. The number of aliphatic hydroxyl groups excluding tert-OH is 1. The minimum atomic E-state index is -0.775. The fourth-order valence-corrected chi connectivity index (χ4v) is 2.00. The summed E-state index contributed by atoms with van der Waals surface area (Å²) in [7, 11) is 0. The molecule has 0 aliphatic carbocycles. The number of rotatable bonds is 4. The van der Waals surface area contributed by atoms with Crippen LogP contribution in [0.25, 0.3) is 10.9 Å². The first-order valence-corrected chi connectivity index (χ1v) is 5.45. The summed E-state index contributed by atoms with van der Waals surface area (Å²) < 4.78 is 26.7. The SMILES string of the molecule is NC(=O)c1[nH]c2c(F)cc(F)cc2c1CCCO. The van der Waals surface area contributed by atoms with E-state index in [1.807, 2.05) is 0 Å². The van der Waals surface area contributed by atoms with Crippen molar-refractivity contribution in [2.45, 2.75) is 12.8 Å². The highest BCUT2D eigenvalue weighted by molar-refractivity contribution is 6.00. The van der Waals surface area contributed by atoms with Gasteiger partial charge in [-0.1, -0.05) is 0 Å². The molecule has 18 heavy (non-hydrogen) atoms. The number of halogens is 2. The standard InChI is InChI=1S/C12H12F2N2O2/c13-6-4-8-7(2-1-3-17)11(12(15)18)16-10(8)9(14)5-6/h4-5,16-17H,1-3H2,(H2,15,18). The number of aliphatic hydroxyl groups is 1. The van der Waals surface area contributed by atoms with Crippen molar-refractivity contribution in [2.24, 2.45) is 5.73 Å². The second-order valence-corrected chi connectivity index (χ2v) is 3.98. The molecule has 4 N–H and O–H groups in total. The lowest BCUT2D eigenvalue weighted by Gasteiger charge is -2.00. The second kappa shape index (κ2) is 4.73. The van der Waals surface area contributed by atoms with E-state index in [0.29, 0.717) is 18.4 Å². The van der Waals surface area contributed by atoms with Gasteiger partial charge in [-0.15, -0.1) is 0 Å². The van der Waals surface area contributed by atoms with E-state index in [1.165, 1.54) is 0 Å². The highest BCUT2D eigenvalue weighted by Gasteiger charge is 2.18. The van der Waals surface area contributed by atoms with Crippen molar-refractivity contribution in [1.29, 1.82) is 0 Å². The number of carbonyl (C=O) groups excluding carboxylic acids is 1. The van der Waals surface area contributed by atoms with Crippen molar-refractivity contribution < 1.29 is 18.7 Å². The fourth-order valence-electron chi connectivity index (χ4n) is 2.00. The maximum Gasteiger partial charge on any atom is 0.265 e. The van der Waals surface area contributed by atoms with Crippen LogP contribution in [0.15, 0.2) is 12.1 Å². The predicted molar refractivity (Wildman–Crippen MR) is 62.1 cm³/mol. The molecule has 0 fully saturated rings. The third kappa shape index (κ3) is 2.06. The molecule has 0 radical (unpaired) electrons. The molecule has 0 aliphatic rings. The van der Waals surface area contributed by atoms with Crippen molar-refractivity contribution in [2.75, 3.05) is 6.61 Å². The van der Waals surface area contributed by atoms with Crippen LogP contribution in [0.4, 0.5) is 8.78 Å². The van der Waals surface area contributed by atoms with Crippen LogP contribution in [-0.4, -0.2) is 22.6 Å². The van der Waals surface area contributed by atoms with Crippen LogP contribution in [0.5, 0.6) is 0 Å². The van der Waals surface area contributed by atoms with Gasteiger partial charge >= 0.3 is 0 Å². The zero-order chi connectivity index (χ0) is 13.3. The number of hydrogen-bond acceptors (Lipinski definition) is 2. The second-order valence-electron chi connectivity index (χ2n) is 3.98. The molecular formula is C12H12F2N2O2. The molecule has 0 aliphatic heterocycles. The van der Waals surface area contributed by atoms with E-state index in [-0.39, 0.29) is 23.2 Å². The Morgan fingerprint density at radius 1 is 1.39 bits per heavy atom. The van der Waals surface area contributed by atoms with Gasteiger partial charge in [-0.05, 0) is 24.5 Å². The number of nitrogens with two attached hydrogens (primary N) is 1. The number of fused-ring (bicyclic) bond motifs is 1. The number of aromatic nitrogens is 1. The molecule has 1 aromatic heterocycles. The summed E-state index contributed by atoms with van der Waals surface area (Å²) in [5.74, 6) is -2.23. The number of nitrogens with one attached hydrogen (secondary N) is 1. The minimum absolute atomic E-state index is 0.0538. The van der Waals surface area contributed by atoms with Crippen LogP contribution in [-0.2, 0) is 6.42 Å². The molecule has 2 aromatic rings. The minimum Gasteiger partial charge on any atom is -0.396 e. The van der Waals surface area contributed by atoms with E-state index in [0.717, 1.165) is 12.1 Å². The van der Waals surface area contributed by atoms with Gasteiger partial charge in [-0.3, -0.25) is 4.79 Å². The number of benzene rings is 1. The molecule has 1 amide bonds. The number of aryl methyl sites for hydroxylation is 1. The van der Waals surface area contributed by atoms with Crippen molar-refractivity contribution in [1.82, 2.24) is 4.98 Å². The van der Waals surface area contributed by atoms with Gasteiger partial charge in [0.25, 0.3) is 5.91 Å². The van der Waals surface area contributed by atoms with Gasteiger partial charge in [0.2, 0.25) is 0 Å². The van der Waals surface area contributed by atoms with Gasteiger partial charge in [0.1, 0.15) is 17.3 Å². The molecule has 6 heteroatoms. The number of amides is 1. The highest BCUT2D eigenvalue weighted by Crippen LogP contribution is 2.26. The first-order chi connectivity index (χ1) is 8.54. The number of carbonyl (C=O) groups is 1. The molecule has 1 heterocycles. The summed E-state index contributed by atoms with van der Waals surface area (Å²) in [5, 5.41) is 9.09. The molecular weight excluding hydrogens is 242 g/mol. The van der Waals surface area contributed by atoms with Gasteiger partial charge in [-0.2, -0.15) is 0 Å². The maximum atomic E-state index is 13.6. The summed E-state index contributed by atoms with van der Waals surface area (Å²) in [6.07, 6.45) is 0.697. The maximum absolute atomic E-state index is 13.6. The molecule has 0 atom stereocenters. The summed E-state index contributed by atoms with van der Waals surface area (Å²) in [5.41, 5.74) is 5.74. The third-order valence-corrected chi connectivity index (χ3v) is 2.76. The summed E-state index contributed by atoms with van der Waals surface area (Å²) in [6, 6.07) is 1.88. The Bertz CT molecular complexity index is 608. The molecule has 96 valence electrons. The van der Waals surface area contributed by atoms with Crippen molar-refractivity contribution >= 4 is 16.8 Å². The van der Waals surface area contributed by atoms with Crippen molar-refractivity contribution in [3.8, 4) is 0 Å². The van der Waals surface area contributed by atoms with Crippen molar-refractivity contribution in [3.63, 3.8) is 0 Å². The summed E-state index contributed by atoms with van der Waals surface area (Å²) in [6.45, 7) is -0.0807. The van der Waals surface area contributed by atoms with Gasteiger partial charge in [-0.25, -0.2) is 8.78 Å². The highest BCUT2D eigenvalue weighted by atomic mass is 19.1. The van der Waals surface area contributed by atoms with Gasteiger partial charge in [0.15, 0.2) is 0 Å². The Hall–Kier alpha value is -1.95. The van der Waals surface area contributed by atoms with E-state index in [2.05, 4.69) is 4.98 Å². The molecule has 1 aromatic carbocycles. The average Bonchev–Trinajstić information content (AvgIpc) is 2.65. The Morgan fingerprint density at radius 3 is 2.72 bits per heavy atom. The Kier molecular flexibility index (Phi) is 3.29. The molecule has 0 unspecified atom stereocenters. The molecule has 0 saturated heterocycles. The Balaban J connectivity index is 2.68. The molecule has 0 spiro atoms. The third-order valence-electron chi connectivity index (χ3n) is 2.76. The number of primary amides is 1. The van der Waals surface area contributed by atoms with Crippen LogP contribution in [0.3, 0.4) is 0 Å². The predicted octanol–water partition coefficient (Wildman–Crippen LogP) is 1.47. The number of hydrogen-bond donors (Lipinski definition) is 3. The average molecular weight is 254 g/mol. The van der Waals surface area contributed by atoms with E-state index >= 15 is 0 Å². The van der Waals surface area contributed by atoms with Crippen LogP contribution < -0.4 is 5.73 Å². The largest absolute Gasteiger partial charge is 0.396 e. The lowest BCUT2D eigenvalue weighted by molar-refractivity contribution is 0.0995. The van der Waals surface area contributed by atoms with E-state index in [9.17, 15) is 13.6 Å². The lowest BCUT2D eigenvalue weighted by Crippen LogP contribution is -2.13. The van der Waals surface area contributed by atoms with E-state index in [1.54, 1.807) is 0 Å². The Morgan fingerprint density at radius 2 is 2.11 bits per heavy atom. The van der Waals surface area contributed by atoms with Gasteiger partial charge in [0.05, 0.1) is 5.52 Å². The van der Waals surface area contributed by atoms with Crippen molar-refractivity contribution in [3.05, 3.63) is 35.0 Å². The summed E-state index contributed by atoms with van der Waals surface area (Å²) in [4.78, 5) is 13.8. The first kappa shape index (κ1) is 12.5. The first-order valence-electron chi connectivity index (χ1n) is 5.45. The number of aromatic amines is 1. The van der Waals surface area contributed by atoms with Crippen LogP contribution in [0, 0.1) is 11.6 Å². The molecule has 0 bridgehead atoms. The summed E-state index contributed by atoms with van der Waals surface area (Å²) >= 11 is 0. The topological polar surface area (TPSA) is 79.1 Å². The monoisotopic (exact) mass is 254 g/mol. The van der Waals surface area contributed by atoms with Gasteiger partial charge in [0, 0.05) is 18.1 Å². The normalized spacial score (nSPS) is 11.1. The van der Waals surface area contributed by atoms with Crippen LogP contribution in [0.2, 0.25) is 0 Å². The fraction of sp³-hybridized carbons (Fsp3) is 0.250. The molecule has 4 nitrogen and oxygen atoms in total. The smallest absolute Gasteiger partial charge is 0.265 e. The quantitative estimate of drug-likeness (QED) is 0.772. The van der Waals surface area contributed by atoms with Crippen LogP contribution >= 0.6 is 0 Å².